The molecule has 20 heavy (non-hydrogen) atoms. The molecule has 1 aromatic carbocycles. The molecule has 7 nitrogen and oxygen atoms in total. The van der Waals surface area contributed by atoms with E-state index in [0.717, 1.165) is 0 Å². The fourth-order valence-corrected chi connectivity index (χ4v) is 2.03. The standard InChI is InChI=1S/C12H15BN2O5/c1-12(2)6-19-13(20-7-12)9-3-8(5-16)11(15(17)18)10(14)4-9/h3-5H,6-7,14H2,1-2H3. The van der Waals surface area contributed by atoms with Gasteiger partial charge in [0, 0.05) is 18.6 Å². The second-order valence-corrected chi connectivity index (χ2v) is 5.54. The number of nitrogens with two attached hydrogens (primary N) is 1. The van der Waals surface area contributed by atoms with Crippen LogP contribution >= 0.6 is 0 Å². The van der Waals surface area contributed by atoms with Gasteiger partial charge in [0.2, 0.25) is 0 Å². The second kappa shape index (κ2) is 5.22. The number of nitrogens with zero attached hydrogens (tertiary/aromatic N) is 1. The summed E-state index contributed by atoms with van der Waals surface area (Å²) in [7, 11) is -0.662. The van der Waals surface area contributed by atoms with Crippen molar-refractivity contribution in [3.63, 3.8) is 0 Å². The molecule has 0 aliphatic carbocycles. The van der Waals surface area contributed by atoms with Crippen LogP contribution in [0.1, 0.15) is 24.2 Å². The van der Waals surface area contributed by atoms with Crippen LogP contribution in [0.15, 0.2) is 12.1 Å². The van der Waals surface area contributed by atoms with Gasteiger partial charge in [0.1, 0.15) is 5.69 Å². The van der Waals surface area contributed by atoms with Crippen LogP contribution in [0.2, 0.25) is 0 Å². The summed E-state index contributed by atoms with van der Waals surface area (Å²) in [4.78, 5) is 21.2. The summed E-state index contributed by atoms with van der Waals surface area (Å²) in [5.74, 6) is 0. The van der Waals surface area contributed by atoms with Crippen LogP contribution in [0, 0.1) is 15.5 Å². The molecule has 1 aliphatic heterocycles. The third-order valence-electron chi connectivity index (χ3n) is 3.02. The molecule has 1 saturated heterocycles. The van der Waals surface area contributed by atoms with Crippen molar-refractivity contribution in [3.8, 4) is 0 Å². The van der Waals surface area contributed by atoms with Gasteiger partial charge in [-0.3, -0.25) is 14.9 Å². The highest BCUT2D eigenvalue weighted by molar-refractivity contribution is 6.61. The van der Waals surface area contributed by atoms with Gasteiger partial charge < -0.3 is 15.0 Å². The Labute approximate surface area is 116 Å². The lowest BCUT2D eigenvalue weighted by Gasteiger charge is -2.33. The van der Waals surface area contributed by atoms with E-state index in [2.05, 4.69) is 0 Å². The van der Waals surface area contributed by atoms with Gasteiger partial charge in [-0.1, -0.05) is 13.8 Å². The summed E-state index contributed by atoms with van der Waals surface area (Å²) >= 11 is 0. The zero-order valence-electron chi connectivity index (χ0n) is 11.3. The van der Waals surface area contributed by atoms with E-state index in [4.69, 9.17) is 15.0 Å². The monoisotopic (exact) mass is 278 g/mol. The lowest BCUT2D eigenvalue weighted by atomic mass is 9.75. The van der Waals surface area contributed by atoms with Crippen molar-refractivity contribution in [1.29, 1.82) is 0 Å². The number of nitro benzene ring substituents is 1. The number of carbonyl (C=O) groups is 1. The third-order valence-corrected chi connectivity index (χ3v) is 3.02. The Morgan fingerprint density at radius 3 is 2.50 bits per heavy atom. The zero-order chi connectivity index (χ0) is 14.9. The first-order chi connectivity index (χ1) is 9.34. The predicted molar refractivity (Wildman–Crippen MR) is 74.0 cm³/mol. The van der Waals surface area contributed by atoms with E-state index >= 15 is 0 Å². The maximum Gasteiger partial charge on any atom is 0.494 e. The molecule has 0 spiro atoms. The number of nitro groups is 1. The van der Waals surface area contributed by atoms with Crippen molar-refractivity contribution in [1.82, 2.24) is 0 Å². The zero-order valence-corrected chi connectivity index (χ0v) is 11.3. The van der Waals surface area contributed by atoms with Crippen molar-refractivity contribution in [2.24, 2.45) is 5.41 Å². The van der Waals surface area contributed by atoms with E-state index in [-0.39, 0.29) is 22.4 Å². The molecule has 8 heteroatoms. The maximum atomic E-state index is 11.0. The quantitative estimate of drug-likeness (QED) is 0.288. The Morgan fingerprint density at radius 1 is 1.40 bits per heavy atom. The molecular weight excluding hydrogens is 263 g/mol. The Morgan fingerprint density at radius 2 is 2.00 bits per heavy atom. The van der Waals surface area contributed by atoms with E-state index in [1.807, 2.05) is 13.8 Å². The topological polar surface area (TPSA) is 105 Å². The molecule has 1 aliphatic rings. The molecule has 2 rings (SSSR count). The molecule has 1 heterocycles. The van der Waals surface area contributed by atoms with Gasteiger partial charge in [-0.05, 0) is 17.6 Å². The van der Waals surface area contributed by atoms with Crippen molar-refractivity contribution in [2.75, 3.05) is 18.9 Å². The molecule has 0 aromatic heterocycles. The maximum absolute atomic E-state index is 11.0. The van der Waals surface area contributed by atoms with E-state index in [9.17, 15) is 14.9 Å². The van der Waals surface area contributed by atoms with Gasteiger partial charge in [0.25, 0.3) is 0 Å². The van der Waals surface area contributed by atoms with Crippen LogP contribution < -0.4 is 11.2 Å². The minimum Gasteiger partial charge on any atom is -0.407 e. The van der Waals surface area contributed by atoms with Crippen LogP contribution in [0.25, 0.3) is 0 Å². The van der Waals surface area contributed by atoms with Gasteiger partial charge in [-0.25, -0.2) is 0 Å². The lowest BCUT2D eigenvalue weighted by molar-refractivity contribution is -0.384. The highest BCUT2D eigenvalue weighted by Gasteiger charge is 2.35. The molecule has 2 N–H and O–H groups in total. The van der Waals surface area contributed by atoms with Crippen LogP contribution in [0.3, 0.4) is 0 Å². The number of nitrogen functional groups attached to an aromatic ring is 1. The number of aldehydes is 1. The minimum absolute atomic E-state index is 0.0772. The summed E-state index contributed by atoms with van der Waals surface area (Å²) in [6.07, 6.45) is 0.407. The van der Waals surface area contributed by atoms with Gasteiger partial charge in [-0.15, -0.1) is 0 Å². The smallest absolute Gasteiger partial charge is 0.407 e. The number of hydrogen-bond acceptors (Lipinski definition) is 6. The van der Waals surface area contributed by atoms with Crippen LogP contribution in [-0.2, 0) is 9.31 Å². The summed E-state index contributed by atoms with van der Waals surface area (Å²) in [5.41, 5.74) is 5.52. The Bertz CT molecular complexity index is 551. The predicted octanol–water partition coefficient (Wildman–Crippen LogP) is 0.758. The first kappa shape index (κ1) is 14.5. The first-order valence-corrected chi connectivity index (χ1v) is 6.10. The molecule has 1 fully saturated rings. The molecule has 106 valence electrons. The van der Waals surface area contributed by atoms with E-state index in [1.165, 1.54) is 12.1 Å². The second-order valence-electron chi connectivity index (χ2n) is 5.54. The average Bonchev–Trinajstić information content (AvgIpc) is 2.37. The summed E-state index contributed by atoms with van der Waals surface area (Å²) in [6.45, 7) is 4.99. The number of carbonyl (C=O) groups excluding carboxylic acids is 1. The number of benzene rings is 1. The fourth-order valence-electron chi connectivity index (χ4n) is 2.03. The van der Waals surface area contributed by atoms with Crippen LogP contribution in [-0.4, -0.2) is 31.5 Å². The normalized spacial score (nSPS) is 17.8. The van der Waals surface area contributed by atoms with E-state index in [1.54, 1.807) is 0 Å². The van der Waals surface area contributed by atoms with Gasteiger partial charge >= 0.3 is 12.8 Å². The van der Waals surface area contributed by atoms with Crippen molar-refractivity contribution < 1.29 is 19.0 Å². The van der Waals surface area contributed by atoms with Gasteiger partial charge in [-0.2, -0.15) is 0 Å². The summed E-state index contributed by atoms with van der Waals surface area (Å²) in [5, 5.41) is 10.9. The summed E-state index contributed by atoms with van der Waals surface area (Å²) < 4.78 is 11.1. The number of rotatable bonds is 3. The van der Waals surface area contributed by atoms with Crippen LogP contribution in [0.4, 0.5) is 11.4 Å². The molecule has 0 unspecified atom stereocenters. The fraction of sp³-hybridized carbons (Fsp3) is 0.417. The third kappa shape index (κ3) is 2.81. The van der Waals surface area contributed by atoms with E-state index < -0.39 is 12.0 Å². The van der Waals surface area contributed by atoms with Gasteiger partial charge in [0.05, 0.1) is 10.5 Å². The number of hydrogen-bond donors (Lipinski definition) is 1. The molecule has 0 amide bonds. The molecule has 0 bridgehead atoms. The molecule has 0 radical (unpaired) electrons. The Hall–Kier alpha value is -1.93. The average molecular weight is 278 g/mol. The van der Waals surface area contributed by atoms with Crippen molar-refractivity contribution >= 4 is 30.2 Å². The van der Waals surface area contributed by atoms with E-state index in [0.29, 0.717) is 25.0 Å². The Balaban J connectivity index is 2.33. The molecule has 0 atom stereocenters. The highest BCUT2D eigenvalue weighted by Crippen LogP contribution is 2.26. The van der Waals surface area contributed by atoms with Gasteiger partial charge in [0.15, 0.2) is 6.29 Å². The minimum atomic E-state index is -0.672. The first-order valence-electron chi connectivity index (χ1n) is 6.10. The van der Waals surface area contributed by atoms with Crippen molar-refractivity contribution in [2.45, 2.75) is 13.8 Å². The largest absolute Gasteiger partial charge is 0.494 e. The SMILES string of the molecule is CC1(C)COB(c2cc(N)c([N+](=O)[O-])c(C=O)c2)OC1. The molecule has 0 saturated carbocycles. The Kier molecular flexibility index (Phi) is 3.78. The lowest BCUT2D eigenvalue weighted by Crippen LogP contribution is -2.47. The van der Waals surface area contributed by atoms with Crippen LogP contribution in [0.5, 0.6) is 0 Å². The molecular formula is C12H15BN2O5. The number of anilines is 1. The summed E-state index contributed by atoms with van der Waals surface area (Å²) in [6, 6.07) is 2.79. The molecule has 1 aromatic rings. The van der Waals surface area contributed by atoms with Crippen molar-refractivity contribution in [3.05, 3.63) is 27.8 Å². The highest BCUT2D eigenvalue weighted by atomic mass is 16.6.